The van der Waals surface area contributed by atoms with Crippen molar-refractivity contribution in [3.8, 4) is 0 Å². The highest BCUT2D eigenvalue weighted by Gasteiger charge is 2.36. The smallest absolute Gasteiger partial charge is 0.140 e. The number of benzene rings is 1. The molecule has 0 bridgehead atoms. The Morgan fingerprint density at radius 3 is 2.90 bits per heavy atom. The molecule has 0 radical (unpaired) electrons. The molecule has 4 heteroatoms. The first-order valence-electron chi connectivity index (χ1n) is 7.11. The predicted molar refractivity (Wildman–Crippen MR) is 81.1 cm³/mol. The van der Waals surface area contributed by atoms with Crippen LogP contribution in [0.1, 0.15) is 26.3 Å². The highest BCUT2D eigenvalue weighted by molar-refractivity contribution is 5.91. The van der Waals surface area contributed by atoms with Crippen LogP contribution >= 0.6 is 0 Å². The molecule has 1 aromatic heterocycles. The molecule has 2 aromatic rings. The van der Waals surface area contributed by atoms with Crippen molar-refractivity contribution < 1.29 is 4.74 Å². The fourth-order valence-electron chi connectivity index (χ4n) is 2.84. The standard InChI is InChI=1S/C16H21N3O/c1-11-6-5-7-13-14(11)17-10-18-15(13)19-8-9-20-16(3,4)12(19)2/h5-7,10,12H,8-9H2,1-4H3/t12-/m0/s1. The van der Waals surface area contributed by atoms with Crippen LogP contribution in [0.3, 0.4) is 0 Å². The molecular weight excluding hydrogens is 250 g/mol. The van der Waals surface area contributed by atoms with Crippen LogP contribution in [-0.2, 0) is 4.74 Å². The van der Waals surface area contributed by atoms with Gasteiger partial charge in [0.05, 0.1) is 23.8 Å². The maximum absolute atomic E-state index is 5.88. The first-order chi connectivity index (χ1) is 9.50. The topological polar surface area (TPSA) is 38.2 Å². The summed E-state index contributed by atoms with van der Waals surface area (Å²) < 4.78 is 5.88. The Morgan fingerprint density at radius 1 is 1.30 bits per heavy atom. The molecule has 106 valence electrons. The third kappa shape index (κ3) is 2.04. The Balaban J connectivity index is 2.13. The average Bonchev–Trinajstić information content (AvgIpc) is 2.42. The van der Waals surface area contributed by atoms with E-state index in [1.165, 1.54) is 5.56 Å². The maximum atomic E-state index is 5.88. The number of rotatable bonds is 1. The summed E-state index contributed by atoms with van der Waals surface area (Å²) in [6.07, 6.45) is 1.67. The number of aromatic nitrogens is 2. The Morgan fingerprint density at radius 2 is 2.10 bits per heavy atom. The molecule has 0 aliphatic carbocycles. The Labute approximate surface area is 119 Å². The van der Waals surface area contributed by atoms with Crippen molar-refractivity contribution in [2.45, 2.75) is 39.3 Å². The van der Waals surface area contributed by atoms with Crippen molar-refractivity contribution >= 4 is 16.7 Å². The van der Waals surface area contributed by atoms with Gasteiger partial charge in [0.15, 0.2) is 0 Å². The van der Waals surface area contributed by atoms with E-state index in [-0.39, 0.29) is 11.6 Å². The van der Waals surface area contributed by atoms with E-state index in [1.54, 1.807) is 6.33 Å². The van der Waals surface area contributed by atoms with E-state index in [0.717, 1.165) is 29.9 Å². The summed E-state index contributed by atoms with van der Waals surface area (Å²) >= 11 is 0. The second-order valence-electron chi connectivity index (χ2n) is 5.99. The van der Waals surface area contributed by atoms with Gasteiger partial charge in [-0.05, 0) is 39.3 Å². The molecule has 0 unspecified atom stereocenters. The van der Waals surface area contributed by atoms with Gasteiger partial charge in [-0.25, -0.2) is 9.97 Å². The molecule has 0 N–H and O–H groups in total. The average molecular weight is 271 g/mol. The van der Waals surface area contributed by atoms with Crippen LogP contribution in [0.15, 0.2) is 24.5 Å². The maximum Gasteiger partial charge on any atom is 0.140 e. The van der Waals surface area contributed by atoms with Crippen molar-refractivity contribution in [3.63, 3.8) is 0 Å². The molecule has 0 saturated carbocycles. The fraction of sp³-hybridized carbons (Fsp3) is 0.500. The summed E-state index contributed by atoms with van der Waals surface area (Å²) in [6, 6.07) is 6.54. The molecule has 1 aliphatic rings. The molecule has 0 spiro atoms. The van der Waals surface area contributed by atoms with E-state index >= 15 is 0 Å². The van der Waals surface area contributed by atoms with Crippen molar-refractivity contribution in [2.75, 3.05) is 18.1 Å². The van der Waals surface area contributed by atoms with Gasteiger partial charge < -0.3 is 9.64 Å². The summed E-state index contributed by atoms with van der Waals surface area (Å²) in [5.74, 6) is 1.02. The Bertz CT molecular complexity index is 639. The number of hydrogen-bond donors (Lipinski definition) is 0. The van der Waals surface area contributed by atoms with Crippen LogP contribution in [0.2, 0.25) is 0 Å². The number of nitrogens with zero attached hydrogens (tertiary/aromatic N) is 3. The third-order valence-electron chi connectivity index (χ3n) is 4.40. The number of para-hydroxylation sites is 1. The normalized spacial score (nSPS) is 22.2. The van der Waals surface area contributed by atoms with Gasteiger partial charge in [-0.1, -0.05) is 12.1 Å². The lowest BCUT2D eigenvalue weighted by atomic mass is 9.96. The van der Waals surface area contributed by atoms with E-state index in [9.17, 15) is 0 Å². The molecule has 2 heterocycles. The number of morpholine rings is 1. The van der Waals surface area contributed by atoms with Gasteiger partial charge in [0, 0.05) is 11.9 Å². The molecular formula is C16H21N3O. The molecule has 1 aliphatic heterocycles. The SMILES string of the molecule is Cc1cccc2c(N3CCOC(C)(C)[C@@H]3C)ncnc12. The second-order valence-corrected chi connectivity index (χ2v) is 5.99. The van der Waals surface area contributed by atoms with Gasteiger partial charge in [-0.3, -0.25) is 0 Å². The summed E-state index contributed by atoms with van der Waals surface area (Å²) in [7, 11) is 0. The molecule has 1 fully saturated rings. The summed E-state index contributed by atoms with van der Waals surface area (Å²) in [5.41, 5.74) is 2.06. The quantitative estimate of drug-likeness (QED) is 0.799. The minimum atomic E-state index is -0.167. The zero-order chi connectivity index (χ0) is 14.3. The minimum Gasteiger partial charge on any atom is -0.372 e. The monoisotopic (exact) mass is 271 g/mol. The Kier molecular flexibility index (Phi) is 3.13. The lowest BCUT2D eigenvalue weighted by Gasteiger charge is -2.45. The largest absolute Gasteiger partial charge is 0.372 e. The first kappa shape index (κ1) is 13.3. The van der Waals surface area contributed by atoms with Crippen LogP contribution in [0, 0.1) is 6.92 Å². The molecule has 4 nitrogen and oxygen atoms in total. The zero-order valence-electron chi connectivity index (χ0n) is 12.6. The predicted octanol–water partition coefficient (Wildman–Crippen LogP) is 2.94. The van der Waals surface area contributed by atoms with Gasteiger partial charge in [-0.15, -0.1) is 0 Å². The van der Waals surface area contributed by atoms with Crippen LogP contribution in [0.5, 0.6) is 0 Å². The molecule has 1 saturated heterocycles. The van der Waals surface area contributed by atoms with Gasteiger partial charge in [0.25, 0.3) is 0 Å². The van der Waals surface area contributed by atoms with Gasteiger partial charge in [-0.2, -0.15) is 0 Å². The van der Waals surface area contributed by atoms with Crippen molar-refractivity contribution in [3.05, 3.63) is 30.1 Å². The van der Waals surface area contributed by atoms with E-state index in [4.69, 9.17) is 4.74 Å². The lowest BCUT2D eigenvalue weighted by Crippen LogP contribution is -2.55. The molecule has 1 atom stereocenters. The van der Waals surface area contributed by atoms with Gasteiger partial charge in [0.2, 0.25) is 0 Å². The van der Waals surface area contributed by atoms with E-state index in [2.05, 4.69) is 60.8 Å². The summed E-state index contributed by atoms with van der Waals surface area (Å²) in [6.45, 7) is 10.2. The van der Waals surface area contributed by atoms with E-state index in [0.29, 0.717) is 0 Å². The van der Waals surface area contributed by atoms with Crippen LogP contribution < -0.4 is 4.90 Å². The lowest BCUT2D eigenvalue weighted by molar-refractivity contribution is -0.0530. The van der Waals surface area contributed by atoms with E-state index in [1.807, 2.05) is 0 Å². The minimum absolute atomic E-state index is 0.167. The molecule has 20 heavy (non-hydrogen) atoms. The van der Waals surface area contributed by atoms with Crippen LogP contribution in [-0.4, -0.2) is 34.8 Å². The number of aryl methyl sites for hydroxylation is 1. The second kappa shape index (κ2) is 4.70. The van der Waals surface area contributed by atoms with Gasteiger partial charge in [0.1, 0.15) is 12.1 Å². The number of fused-ring (bicyclic) bond motifs is 1. The van der Waals surface area contributed by atoms with Crippen molar-refractivity contribution in [2.24, 2.45) is 0 Å². The zero-order valence-corrected chi connectivity index (χ0v) is 12.6. The molecule has 0 amide bonds. The molecule has 1 aromatic carbocycles. The number of hydrogen-bond acceptors (Lipinski definition) is 4. The van der Waals surface area contributed by atoms with Crippen LogP contribution in [0.4, 0.5) is 5.82 Å². The van der Waals surface area contributed by atoms with Crippen LogP contribution in [0.25, 0.3) is 10.9 Å². The van der Waals surface area contributed by atoms with E-state index < -0.39 is 0 Å². The first-order valence-corrected chi connectivity index (χ1v) is 7.11. The number of anilines is 1. The highest BCUT2D eigenvalue weighted by atomic mass is 16.5. The summed E-state index contributed by atoms with van der Waals surface area (Å²) in [5, 5.41) is 1.12. The fourth-order valence-corrected chi connectivity index (χ4v) is 2.84. The number of ether oxygens (including phenoxy) is 1. The highest BCUT2D eigenvalue weighted by Crippen LogP contribution is 2.32. The van der Waals surface area contributed by atoms with Crippen molar-refractivity contribution in [1.82, 2.24) is 9.97 Å². The van der Waals surface area contributed by atoms with Gasteiger partial charge >= 0.3 is 0 Å². The van der Waals surface area contributed by atoms with Crippen molar-refractivity contribution in [1.29, 1.82) is 0 Å². The Hall–Kier alpha value is -1.68. The third-order valence-corrected chi connectivity index (χ3v) is 4.40. The molecule has 3 rings (SSSR count). The summed E-state index contributed by atoms with van der Waals surface area (Å²) in [4.78, 5) is 11.3.